The van der Waals surface area contributed by atoms with Crippen molar-refractivity contribution in [3.63, 3.8) is 0 Å². The zero-order valence-corrected chi connectivity index (χ0v) is 16.4. The molecular formula is C18H41ClN2O. The van der Waals surface area contributed by atoms with E-state index in [1.165, 1.54) is 64.2 Å². The second-order valence-corrected chi connectivity index (χ2v) is 6.24. The van der Waals surface area contributed by atoms with Crippen LogP contribution in [-0.4, -0.2) is 50.4 Å². The van der Waals surface area contributed by atoms with Gasteiger partial charge < -0.3 is 4.74 Å². The monoisotopic (exact) mass is 336 g/mol. The van der Waals surface area contributed by atoms with E-state index in [0.29, 0.717) is 0 Å². The molecular weight excluding hydrogens is 296 g/mol. The topological polar surface area (TPSA) is 15.7 Å². The van der Waals surface area contributed by atoms with E-state index < -0.39 is 0 Å². The van der Waals surface area contributed by atoms with E-state index in [1.54, 1.807) is 0 Å². The predicted molar refractivity (Wildman–Crippen MR) is 101 cm³/mol. The summed E-state index contributed by atoms with van der Waals surface area (Å²) in [5, 5.41) is 4.56. The Morgan fingerprint density at radius 2 is 1.18 bits per heavy atom. The first-order valence-corrected chi connectivity index (χ1v) is 9.22. The highest BCUT2D eigenvalue weighted by Gasteiger charge is 2.05. The number of hydrogen-bond acceptors (Lipinski definition) is 3. The first kappa shape index (κ1) is 24.4. The molecule has 0 aliphatic rings. The summed E-state index contributed by atoms with van der Waals surface area (Å²) < 4.78 is 5.77. The average molecular weight is 337 g/mol. The lowest BCUT2D eigenvalue weighted by Gasteiger charge is -2.28. The molecule has 0 bridgehead atoms. The number of hydrazine groups is 1. The zero-order valence-electron chi connectivity index (χ0n) is 15.6. The quantitative estimate of drug-likeness (QED) is 0.286. The van der Waals surface area contributed by atoms with Gasteiger partial charge in [-0.1, -0.05) is 65.2 Å². The summed E-state index contributed by atoms with van der Waals surface area (Å²) in [5.74, 6) is 0. The van der Waals surface area contributed by atoms with Gasteiger partial charge in [0.25, 0.3) is 0 Å². The first-order valence-electron chi connectivity index (χ1n) is 9.22. The van der Waals surface area contributed by atoms with Crippen molar-refractivity contribution in [1.82, 2.24) is 10.0 Å². The molecule has 0 radical (unpaired) electrons. The van der Waals surface area contributed by atoms with Gasteiger partial charge in [0.1, 0.15) is 0 Å². The van der Waals surface area contributed by atoms with Crippen LogP contribution < -0.4 is 0 Å². The Labute approximate surface area is 146 Å². The lowest BCUT2D eigenvalue weighted by Crippen LogP contribution is -2.40. The minimum absolute atomic E-state index is 0. The van der Waals surface area contributed by atoms with Gasteiger partial charge in [-0.25, -0.2) is 10.0 Å². The highest BCUT2D eigenvalue weighted by Crippen LogP contribution is 2.08. The van der Waals surface area contributed by atoms with Crippen LogP contribution in [0, 0.1) is 0 Å². The number of rotatable bonds is 16. The van der Waals surface area contributed by atoms with E-state index in [9.17, 15) is 0 Å². The molecule has 0 aromatic rings. The minimum atomic E-state index is 0. The second-order valence-electron chi connectivity index (χ2n) is 6.24. The van der Waals surface area contributed by atoms with Crippen LogP contribution in [0.25, 0.3) is 0 Å². The predicted octanol–water partition coefficient (Wildman–Crippen LogP) is 5.14. The van der Waals surface area contributed by atoms with Gasteiger partial charge >= 0.3 is 0 Å². The molecule has 0 spiro atoms. The van der Waals surface area contributed by atoms with E-state index in [0.717, 1.165) is 26.3 Å². The van der Waals surface area contributed by atoms with Gasteiger partial charge in [0.05, 0.1) is 6.61 Å². The van der Waals surface area contributed by atoms with Crippen molar-refractivity contribution in [2.45, 2.75) is 78.1 Å². The molecule has 0 rings (SSSR count). The molecule has 0 heterocycles. The highest BCUT2D eigenvalue weighted by atomic mass is 35.5. The van der Waals surface area contributed by atoms with Crippen LogP contribution in [0.1, 0.15) is 78.1 Å². The summed E-state index contributed by atoms with van der Waals surface area (Å²) in [4.78, 5) is 0. The lowest BCUT2D eigenvalue weighted by atomic mass is 10.1. The summed E-state index contributed by atoms with van der Waals surface area (Å²) >= 11 is 0. The van der Waals surface area contributed by atoms with Crippen LogP contribution in [0.2, 0.25) is 0 Å². The molecule has 0 unspecified atom stereocenters. The Hall–Kier alpha value is 0.170. The minimum Gasteiger partial charge on any atom is -0.380 e. The Morgan fingerprint density at radius 1 is 0.636 bits per heavy atom. The van der Waals surface area contributed by atoms with E-state index in [2.05, 4.69) is 38.0 Å². The Morgan fingerprint density at radius 3 is 1.73 bits per heavy atom. The zero-order chi connectivity index (χ0) is 15.8. The van der Waals surface area contributed by atoms with Crippen molar-refractivity contribution in [3.05, 3.63) is 0 Å². The van der Waals surface area contributed by atoms with Crippen LogP contribution in [0.4, 0.5) is 0 Å². The summed E-state index contributed by atoms with van der Waals surface area (Å²) in [5.41, 5.74) is 0. The fourth-order valence-corrected chi connectivity index (χ4v) is 2.46. The molecule has 0 N–H and O–H groups in total. The third kappa shape index (κ3) is 16.5. The maximum atomic E-state index is 5.77. The van der Waals surface area contributed by atoms with Gasteiger partial charge in [-0.05, 0) is 12.8 Å². The van der Waals surface area contributed by atoms with Crippen molar-refractivity contribution in [1.29, 1.82) is 0 Å². The van der Waals surface area contributed by atoms with Crippen molar-refractivity contribution >= 4 is 12.4 Å². The molecule has 0 saturated carbocycles. The largest absolute Gasteiger partial charge is 0.380 e. The molecule has 3 nitrogen and oxygen atoms in total. The number of hydrogen-bond donors (Lipinski definition) is 0. The molecule has 0 aromatic carbocycles. The standard InChI is InChI=1S/C18H40N2O.ClH/c1-5-7-9-10-11-12-13-14-17-21-18-16-20(19(3)4)15-8-6-2;/h5-18H2,1-4H3;1H. The summed E-state index contributed by atoms with van der Waals surface area (Å²) in [6.45, 7) is 8.47. The van der Waals surface area contributed by atoms with Gasteiger partial charge in [-0.3, -0.25) is 0 Å². The molecule has 136 valence electrons. The van der Waals surface area contributed by atoms with Crippen LogP contribution in [0.15, 0.2) is 0 Å². The fourth-order valence-electron chi connectivity index (χ4n) is 2.46. The van der Waals surface area contributed by atoms with E-state index in [1.807, 2.05) is 0 Å². The molecule has 4 heteroatoms. The molecule has 0 aliphatic heterocycles. The highest BCUT2D eigenvalue weighted by molar-refractivity contribution is 5.85. The maximum absolute atomic E-state index is 5.77. The number of nitrogens with zero attached hydrogens (tertiary/aromatic N) is 2. The normalized spacial score (nSPS) is 11.2. The molecule has 0 aromatic heterocycles. The number of ether oxygens (including phenoxy) is 1. The van der Waals surface area contributed by atoms with Gasteiger partial charge in [-0.15, -0.1) is 12.4 Å². The van der Waals surface area contributed by atoms with Crippen LogP contribution in [0.3, 0.4) is 0 Å². The van der Waals surface area contributed by atoms with Crippen LogP contribution in [0.5, 0.6) is 0 Å². The molecule has 0 fully saturated rings. The van der Waals surface area contributed by atoms with Crippen molar-refractivity contribution in [3.8, 4) is 0 Å². The van der Waals surface area contributed by atoms with Gasteiger partial charge in [0.15, 0.2) is 0 Å². The van der Waals surface area contributed by atoms with Gasteiger partial charge in [0, 0.05) is 33.8 Å². The second kappa shape index (κ2) is 19.2. The number of halogens is 1. The SMILES string of the molecule is CCCCCCCCCCOCCN(CCCC)N(C)C.Cl. The van der Waals surface area contributed by atoms with Crippen molar-refractivity contribution < 1.29 is 4.74 Å². The van der Waals surface area contributed by atoms with Crippen molar-refractivity contribution in [2.75, 3.05) is 40.4 Å². The van der Waals surface area contributed by atoms with Crippen molar-refractivity contribution in [2.24, 2.45) is 0 Å². The molecule has 0 saturated heterocycles. The molecule has 22 heavy (non-hydrogen) atoms. The van der Waals surface area contributed by atoms with Gasteiger partial charge in [0.2, 0.25) is 0 Å². The Balaban J connectivity index is 0. The summed E-state index contributed by atoms with van der Waals surface area (Å²) in [7, 11) is 4.24. The van der Waals surface area contributed by atoms with E-state index >= 15 is 0 Å². The summed E-state index contributed by atoms with van der Waals surface area (Å²) in [6, 6.07) is 0. The first-order chi connectivity index (χ1) is 10.2. The maximum Gasteiger partial charge on any atom is 0.0607 e. The lowest BCUT2D eigenvalue weighted by molar-refractivity contribution is -0.00645. The summed E-state index contributed by atoms with van der Waals surface area (Å²) in [6.07, 6.45) is 13.5. The Bertz CT molecular complexity index is 204. The third-order valence-electron chi connectivity index (χ3n) is 3.97. The average Bonchev–Trinajstić information content (AvgIpc) is 2.47. The smallest absolute Gasteiger partial charge is 0.0607 e. The third-order valence-corrected chi connectivity index (χ3v) is 3.97. The van der Waals surface area contributed by atoms with Crippen LogP contribution in [-0.2, 0) is 4.74 Å². The van der Waals surface area contributed by atoms with E-state index in [4.69, 9.17) is 4.74 Å². The van der Waals surface area contributed by atoms with Crippen LogP contribution >= 0.6 is 12.4 Å². The Kier molecular flexibility index (Phi) is 21.3. The fraction of sp³-hybridized carbons (Fsp3) is 1.00. The van der Waals surface area contributed by atoms with E-state index in [-0.39, 0.29) is 12.4 Å². The van der Waals surface area contributed by atoms with Gasteiger partial charge in [-0.2, -0.15) is 0 Å². The molecule has 0 atom stereocenters. The molecule has 0 aliphatic carbocycles. The number of unbranched alkanes of at least 4 members (excludes halogenated alkanes) is 8. The molecule has 0 amide bonds.